The fraction of sp³-hybridized carbons (Fsp3) is 0.344. The molecule has 2 fully saturated rings. The van der Waals surface area contributed by atoms with E-state index in [0.717, 1.165) is 40.7 Å². The summed E-state index contributed by atoms with van der Waals surface area (Å²) < 4.78 is 0. The SMILES string of the molecule is CC1CC1C(=O)N1CCc2c(-c3cccc(C(=O)O)c3)ccc(CNC(=O)[C@H]3C[C@@H]3c3ccccc3)c2C1. The number of rotatable bonds is 7. The Morgan fingerprint density at radius 2 is 1.74 bits per heavy atom. The van der Waals surface area contributed by atoms with Crippen molar-refractivity contribution >= 4 is 17.8 Å². The second kappa shape index (κ2) is 9.75. The average molecular weight is 509 g/mol. The van der Waals surface area contributed by atoms with Gasteiger partial charge in [-0.3, -0.25) is 9.59 Å². The van der Waals surface area contributed by atoms with E-state index in [-0.39, 0.29) is 35.1 Å². The van der Waals surface area contributed by atoms with Crippen LogP contribution in [0.1, 0.15) is 58.3 Å². The van der Waals surface area contributed by atoms with Gasteiger partial charge >= 0.3 is 5.97 Å². The van der Waals surface area contributed by atoms with Gasteiger partial charge in [0.15, 0.2) is 0 Å². The van der Waals surface area contributed by atoms with E-state index in [1.807, 2.05) is 41.3 Å². The minimum absolute atomic E-state index is 0.000637. The summed E-state index contributed by atoms with van der Waals surface area (Å²) in [5.41, 5.74) is 6.55. The number of nitrogens with one attached hydrogen (secondary N) is 1. The van der Waals surface area contributed by atoms with E-state index < -0.39 is 5.97 Å². The van der Waals surface area contributed by atoms with Crippen molar-refractivity contribution in [3.8, 4) is 11.1 Å². The van der Waals surface area contributed by atoms with E-state index in [1.165, 1.54) is 5.56 Å². The van der Waals surface area contributed by atoms with Crippen molar-refractivity contribution in [2.24, 2.45) is 17.8 Å². The summed E-state index contributed by atoms with van der Waals surface area (Å²) >= 11 is 0. The number of carbonyl (C=O) groups is 3. The normalized spacial score (nSPS) is 23.3. The summed E-state index contributed by atoms with van der Waals surface area (Å²) in [6.07, 6.45) is 2.53. The monoisotopic (exact) mass is 508 g/mol. The Labute approximate surface area is 222 Å². The van der Waals surface area contributed by atoms with Gasteiger partial charge < -0.3 is 15.3 Å². The van der Waals surface area contributed by atoms with Crippen molar-refractivity contribution in [2.75, 3.05) is 6.54 Å². The van der Waals surface area contributed by atoms with Gasteiger partial charge in [0.25, 0.3) is 0 Å². The molecule has 3 aliphatic rings. The smallest absolute Gasteiger partial charge is 0.335 e. The molecule has 3 aromatic rings. The number of carbonyl (C=O) groups excluding carboxylic acids is 2. The summed E-state index contributed by atoms with van der Waals surface area (Å²) in [5, 5.41) is 12.7. The van der Waals surface area contributed by atoms with Crippen LogP contribution in [0.25, 0.3) is 11.1 Å². The highest BCUT2D eigenvalue weighted by Gasteiger charge is 2.44. The van der Waals surface area contributed by atoms with Gasteiger partial charge in [-0.05, 0) is 76.6 Å². The molecule has 0 aromatic heterocycles. The maximum absolute atomic E-state index is 13.1. The van der Waals surface area contributed by atoms with Gasteiger partial charge in [-0.15, -0.1) is 0 Å². The van der Waals surface area contributed by atoms with Crippen molar-refractivity contribution in [3.05, 3.63) is 94.5 Å². The van der Waals surface area contributed by atoms with Crippen molar-refractivity contribution < 1.29 is 19.5 Å². The lowest BCUT2D eigenvalue weighted by Gasteiger charge is -2.32. The van der Waals surface area contributed by atoms with E-state index in [1.54, 1.807) is 18.2 Å². The number of amides is 2. The van der Waals surface area contributed by atoms with E-state index in [9.17, 15) is 19.5 Å². The third-order valence-electron chi connectivity index (χ3n) is 8.48. The largest absolute Gasteiger partial charge is 0.478 e. The number of carboxylic acids is 1. The molecule has 1 aliphatic heterocycles. The van der Waals surface area contributed by atoms with E-state index in [2.05, 4.69) is 24.4 Å². The third-order valence-corrected chi connectivity index (χ3v) is 8.48. The Bertz CT molecular complexity index is 1420. The van der Waals surface area contributed by atoms with Gasteiger partial charge in [0.2, 0.25) is 11.8 Å². The maximum atomic E-state index is 13.1. The molecule has 6 rings (SSSR count). The zero-order valence-electron chi connectivity index (χ0n) is 21.5. The van der Waals surface area contributed by atoms with Crippen LogP contribution in [0.5, 0.6) is 0 Å². The Morgan fingerprint density at radius 3 is 2.47 bits per heavy atom. The number of carboxylic acid groups (broad SMARTS) is 1. The molecule has 194 valence electrons. The van der Waals surface area contributed by atoms with Crippen LogP contribution < -0.4 is 5.32 Å². The first kappa shape index (κ1) is 24.4. The summed E-state index contributed by atoms with van der Waals surface area (Å²) in [6.45, 7) is 3.70. The molecule has 4 atom stereocenters. The van der Waals surface area contributed by atoms with Crippen LogP contribution in [-0.2, 0) is 29.1 Å². The Hall–Kier alpha value is -3.93. The Kier molecular flexibility index (Phi) is 6.26. The summed E-state index contributed by atoms with van der Waals surface area (Å²) in [6, 6.07) is 21.2. The number of fused-ring (bicyclic) bond motifs is 1. The minimum Gasteiger partial charge on any atom is -0.478 e. The molecular formula is C32H32N2O4. The molecule has 2 unspecified atom stereocenters. The van der Waals surface area contributed by atoms with Crippen LogP contribution in [0.15, 0.2) is 66.7 Å². The van der Waals surface area contributed by atoms with Crippen molar-refractivity contribution in [3.63, 3.8) is 0 Å². The van der Waals surface area contributed by atoms with Gasteiger partial charge in [0.05, 0.1) is 5.56 Å². The zero-order chi connectivity index (χ0) is 26.4. The average Bonchev–Trinajstić information content (AvgIpc) is 3.87. The lowest BCUT2D eigenvalue weighted by molar-refractivity contribution is -0.133. The molecule has 3 aromatic carbocycles. The lowest BCUT2D eigenvalue weighted by Crippen LogP contribution is -2.38. The Morgan fingerprint density at radius 1 is 0.947 bits per heavy atom. The summed E-state index contributed by atoms with van der Waals surface area (Å²) in [4.78, 5) is 39.6. The van der Waals surface area contributed by atoms with Gasteiger partial charge in [-0.25, -0.2) is 4.79 Å². The second-order valence-electron chi connectivity index (χ2n) is 11.0. The molecule has 2 N–H and O–H groups in total. The van der Waals surface area contributed by atoms with Gasteiger partial charge in [-0.1, -0.05) is 61.5 Å². The van der Waals surface area contributed by atoms with E-state index in [0.29, 0.717) is 32.0 Å². The molecule has 0 spiro atoms. The summed E-state index contributed by atoms with van der Waals surface area (Å²) in [5.74, 6) is 0.192. The zero-order valence-corrected chi connectivity index (χ0v) is 21.5. The van der Waals surface area contributed by atoms with Gasteiger partial charge in [-0.2, -0.15) is 0 Å². The molecule has 38 heavy (non-hydrogen) atoms. The first-order valence-corrected chi connectivity index (χ1v) is 13.5. The highest BCUT2D eigenvalue weighted by atomic mass is 16.4. The molecule has 0 radical (unpaired) electrons. The number of hydrogen-bond acceptors (Lipinski definition) is 3. The predicted molar refractivity (Wildman–Crippen MR) is 144 cm³/mol. The number of benzene rings is 3. The first-order valence-electron chi connectivity index (χ1n) is 13.5. The van der Waals surface area contributed by atoms with E-state index in [4.69, 9.17) is 0 Å². The summed E-state index contributed by atoms with van der Waals surface area (Å²) in [7, 11) is 0. The van der Waals surface area contributed by atoms with Crippen molar-refractivity contribution in [1.82, 2.24) is 10.2 Å². The predicted octanol–water partition coefficient (Wildman–Crippen LogP) is 5.01. The molecule has 1 heterocycles. The Balaban J connectivity index is 1.26. The lowest BCUT2D eigenvalue weighted by atomic mass is 9.87. The molecule has 6 nitrogen and oxygen atoms in total. The third kappa shape index (κ3) is 4.71. The molecule has 0 bridgehead atoms. The molecule has 6 heteroatoms. The van der Waals surface area contributed by atoms with Gasteiger partial charge in [0, 0.05) is 31.5 Å². The van der Waals surface area contributed by atoms with Crippen LogP contribution in [-0.4, -0.2) is 34.3 Å². The highest BCUT2D eigenvalue weighted by Crippen LogP contribution is 2.47. The van der Waals surface area contributed by atoms with Gasteiger partial charge in [0.1, 0.15) is 0 Å². The van der Waals surface area contributed by atoms with E-state index >= 15 is 0 Å². The highest BCUT2D eigenvalue weighted by molar-refractivity contribution is 5.90. The fourth-order valence-corrected chi connectivity index (χ4v) is 5.95. The van der Waals surface area contributed by atoms with Crippen molar-refractivity contribution in [1.29, 1.82) is 0 Å². The maximum Gasteiger partial charge on any atom is 0.335 e. The quantitative estimate of drug-likeness (QED) is 0.470. The minimum atomic E-state index is -0.954. The molecule has 2 amide bonds. The number of nitrogens with zero attached hydrogens (tertiary/aromatic N) is 1. The van der Waals surface area contributed by atoms with Crippen LogP contribution in [0.2, 0.25) is 0 Å². The standard InChI is InChI=1S/C32H32N2O4/c1-19-14-26(19)31(36)34-13-12-25-24(21-8-5-9-22(15-21)32(37)38)11-10-23(29(25)18-34)17-33-30(35)28-16-27(28)20-6-3-2-4-7-20/h2-11,15,19,26-28H,12-14,16-18H2,1H3,(H,33,35)(H,37,38)/t19?,26?,27-,28+/m1/s1. The fourth-order valence-electron chi connectivity index (χ4n) is 5.95. The van der Waals surface area contributed by atoms with Crippen LogP contribution in [0.3, 0.4) is 0 Å². The molecular weight excluding hydrogens is 476 g/mol. The van der Waals surface area contributed by atoms with Crippen LogP contribution in [0, 0.1) is 17.8 Å². The number of hydrogen-bond donors (Lipinski definition) is 2. The molecule has 2 saturated carbocycles. The second-order valence-corrected chi connectivity index (χ2v) is 11.0. The number of aromatic carboxylic acids is 1. The van der Waals surface area contributed by atoms with Crippen LogP contribution >= 0.6 is 0 Å². The molecule has 0 saturated heterocycles. The van der Waals surface area contributed by atoms with Crippen LogP contribution in [0.4, 0.5) is 0 Å². The topological polar surface area (TPSA) is 86.7 Å². The molecule has 2 aliphatic carbocycles. The first-order chi connectivity index (χ1) is 18.4. The van der Waals surface area contributed by atoms with Crippen molar-refractivity contribution in [2.45, 2.75) is 45.2 Å².